The Morgan fingerprint density at radius 2 is 1.76 bits per heavy atom. The van der Waals surface area contributed by atoms with E-state index in [1.807, 2.05) is 0 Å². The van der Waals surface area contributed by atoms with E-state index in [2.05, 4.69) is 10.3 Å². The van der Waals surface area contributed by atoms with E-state index >= 15 is 0 Å². The van der Waals surface area contributed by atoms with Crippen LogP contribution < -0.4 is 24.6 Å². The number of nitrogens with zero attached hydrogens (tertiary/aromatic N) is 2. The summed E-state index contributed by atoms with van der Waals surface area (Å²) in [6.45, 7) is -0.291. The van der Waals surface area contributed by atoms with E-state index in [1.54, 1.807) is 61.3 Å². The minimum absolute atomic E-state index is 0.0900. The van der Waals surface area contributed by atoms with Gasteiger partial charge in [-0.1, -0.05) is 22.9 Å². The number of carbonyl (C=O) groups is 3. The zero-order valence-electron chi connectivity index (χ0n) is 25.7. The van der Waals surface area contributed by atoms with Crippen molar-refractivity contribution in [2.45, 2.75) is 22.6 Å². The number of nitro benzene ring substituents is 1. The lowest BCUT2D eigenvalue weighted by atomic mass is 9.68. The minimum atomic E-state index is -0.576. The van der Waals surface area contributed by atoms with Crippen LogP contribution in [-0.2, 0) is 14.4 Å². The molecule has 4 aliphatic rings. The summed E-state index contributed by atoms with van der Waals surface area (Å²) < 4.78 is 11.3. The van der Waals surface area contributed by atoms with Gasteiger partial charge in [0.05, 0.1) is 34.6 Å². The highest BCUT2D eigenvalue weighted by Gasteiger charge is 2.70. The quantitative estimate of drug-likeness (QED) is 0.132. The van der Waals surface area contributed by atoms with Crippen molar-refractivity contribution in [1.82, 2.24) is 4.98 Å². The van der Waals surface area contributed by atoms with Crippen molar-refractivity contribution in [1.29, 1.82) is 0 Å². The molecule has 2 bridgehead atoms. The summed E-state index contributed by atoms with van der Waals surface area (Å²) in [5.74, 6) is -1.88. The minimum Gasteiger partial charge on any atom is -0.497 e. The lowest BCUT2D eigenvalue weighted by Crippen LogP contribution is -2.42. The van der Waals surface area contributed by atoms with Gasteiger partial charge in [-0.2, -0.15) is 0 Å². The average Bonchev–Trinajstić information content (AvgIpc) is 3.83. The number of thioether (sulfide) groups is 1. The van der Waals surface area contributed by atoms with Crippen molar-refractivity contribution in [3.05, 3.63) is 102 Å². The third-order valence-corrected chi connectivity index (χ3v) is 12.9. The van der Waals surface area contributed by atoms with Gasteiger partial charge in [0.2, 0.25) is 11.8 Å². The number of ether oxygens (including phenoxy) is 2. The molecule has 15 heteroatoms. The van der Waals surface area contributed by atoms with Crippen LogP contribution >= 0.6 is 34.7 Å². The Bertz CT molecular complexity index is 2080. The van der Waals surface area contributed by atoms with E-state index in [9.17, 15) is 29.3 Å². The topological polar surface area (TPSA) is 161 Å². The Morgan fingerprint density at radius 1 is 1.04 bits per heavy atom. The van der Waals surface area contributed by atoms with Crippen LogP contribution in [0.1, 0.15) is 22.8 Å². The number of halogens is 1. The number of carbonyl (C=O) groups excluding carboxylic acids is 3. The van der Waals surface area contributed by atoms with Crippen molar-refractivity contribution >= 4 is 69.5 Å². The zero-order chi connectivity index (χ0) is 34.1. The summed E-state index contributed by atoms with van der Waals surface area (Å²) in [6, 6.07) is 17.5. The number of methoxy groups -OCH3 is 1. The summed E-state index contributed by atoms with van der Waals surface area (Å²) in [4.78, 5) is 69.1. The van der Waals surface area contributed by atoms with E-state index in [-0.39, 0.29) is 57.9 Å². The fraction of sp³-hybridized carbons (Fsp3) is 0.294. The van der Waals surface area contributed by atoms with Crippen molar-refractivity contribution in [2.75, 3.05) is 23.9 Å². The molecule has 3 aromatic carbocycles. The normalized spacial score (nSPS) is 26.2. The Balaban J connectivity index is 1.11. The first-order valence-electron chi connectivity index (χ1n) is 15.5. The first kappa shape index (κ1) is 31.6. The molecule has 2 N–H and O–H groups in total. The Morgan fingerprint density at radius 3 is 2.45 bits per heavy atom. The highest BCUT2D eigenvalue weighted by Crippen LogP contribution is 2.69. The van der Waals surface area contributed by atoms with Gasteiger partial charge < -0.3 is 19.8 Å². The first-order chi connectivity index (χ1) is 23.6. The number of amides is 3. The fourth-order valence-corrected chi connectivity index (χ4v) is 11.3. The summed E-state index contributed by atoms with van der Waals surface area (Å²) in [7, 11) is 1.56. The van der Waals surface area contributed by atoms with E-state index < -0.39 is 22.7 Å². The van der Waals surface area contributed by atoms with Gasteiger partial charge in [0, 0.05) is 44.5 Å². The second-order valence-electron chi connectivity index (χ2n) is 12.5. The van der Waals surface area contributed by atoms with Gasteiger partial charge >= 0.3 is 4.87 Å². The molecule has 7 atom stereocenters. The fourth-order valence-electron chi connectivity index (χ4n) is 8.25. The van der Waals surface area contributed by atoms with Crippen LogP contribution in [0.25, 0.3) is 0 Å². The van der Waals surface area contributed by atoms with Gasteiger partial charge in [0.15, 0.2) is 6.61 Å². The number of aromatic nitrogens is 1. The zero-order valence-corrected chi connectivity index (χ0v) is 28.1. The number of benzene rings is 3. The van der Waals surface area contributed by atoms with Crippen molar-refractivity contribution in [2.24, 2.45) is 29.6 Å². The lowest BCUT2D eigenvalue weighted by Gasteiger charge is -2.43. The number of imide groups is 1. The second kappa shape index (κ2) is 12.0. The molecule has 1 saturated heterocycles. The van der Waals surface area contributed by atoms with Crippen molar-refractivity contribution < 1.29 is 28.8 Å². The molecule has 49 heavy (non-hydrogen) atoms. The van der Waals surface area contributed by atoms with Gasteiger partial charge in [0.1, 0.15) is 11.5 Å². The predicted molar refractivity (Wildman–Crippen MR) is 183 cm³/mol. The Labute approximate surface area is 291 Å². The van der Waals surface area contributed by atoms with E-state index in [0.29, 0.717) is 39.9 Å². The molecule has 3 fully saturated rings. The maximum atomic E-state index is 14.1. The third kappa shape index (κ3) is 5.20. The maximum absolute atomic E-state index is 14.1. The molecule has 4 aromatic rings. The van der Waals surface area contributed by atoms with Crippen LogP contribution in [-0.4, -0.2) is 46.6 Å². The van der Waals surface area contributed by atoms with Crippen molar-refractivity contribution in [3.8, 4) is 11.5 Å². The lowest BCUT2D eigenvalue weighted by molar-refractivity contribution is -0.384. The number of aromatic amines is 1. The molecule has 0 spiro atoms. The van der Waals surface area contributed by atoms with Crippen LogP contribution in [0.15, 0.2) is 76.6 Å². The first-order valence-corrected chi connectivity index (χ1v) is 17.6. The number of nitrogens with one attached hydrogen (secondary N) is 2. The molecule has 0 radical (unpaired) electrons. The molecule has 3 amide bonds. The van der Waals surface area contributed by atoms with Gasteiger partial charge in [-0.15, -0.1) is 11.8 Å². The van der Waals surface area contributed by atoms with Crippen LogP contribution in [0.2, 0.25) is 5.02 Å². The van der Waals surface area contributed by atoms with E-state index in [1.165, 1.54) is 29.2 Å². The van der Waals surface area contributed by atoms with Gasteiger partial charge in [0.25, 0.3) is 11.6 Å². The molecule has 6 unspecified atom stereocenters. The SMILES string of the molecule is COc1ccc(NC(=O)COc2ccc(Cl)cc2[C@H]2c3sc(=O)[nH]c3SC3C4CC(C5C(=O)N(c6ccc([N+](=O)[O-])cc6)C(=O)C45)C32)cc1. The van der Waals surface area contributed by atoms with Gasteiger partial charge in [-0.05, 0) is 78.8 Å². The smallest absolute Gasteiger partial charge is 0.305 e. The maximum Gasteiger partial charge on any atom is 0.305 e. The monoisotopic (exact) mass is 718 g/mol. The number of fused-ring (bicyclic) bond motifs is 9. The molecule has 2 aliphatic heterocycles. The molecule has 2 saturated carbocycles. The predicted octanol–water partition coefficient (Wildman–Crippen LogP) is 5.70. The third-order valence-electron chi connectivity index (χ3n) is 10.1. The molecule has 8 rings (SSSR count). The number of hydrogen-bond acceptors (Lipinski definition) is 10. The van der Waals surface area contributed by atoms with Crippen LogP contribution in [0.3, 0.4) is 0 Å². The highest BCUT2D eigenvalue weighted by atomic mass is 35.5. The molecule has 250 valence electrons. The summed E-state index contributed by atoms with van der Waals surface area (Å²) in [5, 5.41) is 15.1. The molecule has 2 aliphatic carbocycles. The molecular formula is C34H27ClN4O8S2. The summed E-state index contributed by atoms with van der Waals surface area (Å²) in [6.07, 6.45) is 0.667. The Hall–Kier alpha value is -4.66. The summed E-state index contributed by atoms with van der Waals surface area (Å²) in [5.41, 5.74) is 1.45. The van der Waals surface area contributed by atoms with Crippen LogP contribution in [0.4, 0.5) is 17.1 Å². The Kier molecular flexibility index (Phi) is 7.76. The number of anilines is 2. The largest absolute Gasteiger partial charge is 0.497 e. The molecule has 1 aromatic heterocycles. The van der Waals surface area contributed by atoms with E-state index in [4.69, 9.17) is 21.1 Å². The van der Waals surface area contributed by atoms with Crippen LogP contribution in [0, 0.1) is 39.7 Å². The number of hydrogen-bond donors (Lipinski definition) is 2. The number of non-ortho nitro benzene ring substituents is 1. The van der Waals surface area contributed by atoms with Gasteiger partial charge in [-0.25, -0.2) is 0 Å². The highest BCUT2D eigenvalue weighted by molar-refractivity contribution is 8.00. The number of nitro groups is 1. The average molecular weight is 719 g/mol. The number of rotatable bonds is 8. The summed E-state index contributed by atoms with van der Waals surface area (Å²) >= 11 is 9.22. The number of H-pyrrole nitrogens is 1. The molecule has 3 heterocycles. The van der Waals surface area contributed by atoms with Gasteiger partial charge in [-0.3, -0.25) is 34.2 Å². The number of thiazole rings is 1. The van der Waals surface area contributed by atoms with Crippen molar-refractivity contribution in [3.63, 3.8) is 0 Å². The molecular weight excluding hydrogens is 692 g/mol. The van der Waals surface area contributed by atoms with E-state index in [0.717, 1.165) is 21.2 Å². The van der Waals surface area contributed by atoms with Crippen LogP contribution in [0.5, 0.6) is 11.5 Å². The molecule has 12 nitrogen and oxygen atoms in total. The standard InChI is InChI=1S/C34H27ClN4O8S2/c1-46-19-9-3-16(4-10-19)36-24(40)14-47-23-11-2-15(35)12-20(23)25-26-21-13-22(29(26)48-31-30(25)49-34(43)37-31)28-27(21)32(41)38(33(28)42)17-5-7-18(8-6-17)39(44)45/h2-12,21-22,25-29H,13-14H2,1H3,(H,36,40)(H,37,43)/t21?,22?,25-,26?,27?,28?,29?/m1/s1. The second-order valence-corrected chi connectivity index (χ2v) is 15.1.